The predicted molar refractivity (Wildman–Crippen MR) is 80.1 cm³/mol. The normalized spacial score (nSPS) is 26.8. The molecule has 1 amide bonds. The van der Waals surface area contributed by atoms with Gasteiger partial charge in [-0.05, 0) is 49.8 Å². The van der Waals surface area contributed by atoms with Crippen molar-refractivity contribution in [2.24, 2.45) is 11.8 Å². The first-order valence-electron chi connectivity index (χ1n) is 7.35. The molecule has 2 fully saturated rings. The first kappa shape index (κ1) is 13.2. The van der Waals surface area contributed by atoms with Gasteiger partial charge in [0.25, 0.3) is 5.91 Å². The van der Waals surface area contributed by atoms with Gasteiger partial charge in [-0.1, -0.05) is 24.8 Å². The summed E-state index contributed by atoms with van der Waals surface area (Å²) in [6.07, 6.45) is 2.04. The lowest BCUT2D eigenvalue weighted by atomic mass is 10.0. The van der Waals surface area contributed by atoms with Crippen molar-refractivity contribution in [2.75, 3.05) is 6.54 Å². The molecular formula is C18H20NO. The van der Waals surface area contributed by atoms with Gasteiger partial charge >= 0.3 is 0 Å². The molecule has 0 N–H and O–H groups in total. The van der Waals surface area contributed by atoms with Gasteiger partial charge < -0.3 is 4.90 Å². The monoisotopic (exact) mass is 266 g/mol. The van der Waals surface area contributed by atoms with Crippen LogP contribution in [-0.2, 0) is 0 Å². The predicted octanol–water partition coefficient (Wildman–Crippen LogP) is 3.05. The molecule has 3 atom stereocenters. The maximum atomic E-state index is 12.7. The molecule has 20 heavy (non-hydrogen) atoms. The van der Waals surface area contributed by atoms with Gasteiger partial charge in [-0.3, -0.25) is 4.79 Å². The molecule has 1 aromatic carbocycles. The number of hydrogen-bond acceptors (Lipinski definition) is 1. The van der Waals surface area contributed by atoms with Crippen LogP contribution >= 0.6 is 0 Å². The van der Waals surface area contributed by atoms with Gasteiger partial charge in [0.2, 0.25) is 0 Å². The minimum Gasteiger partial charge on any atom is -0.335 e. The average molecular weight is 266 g/mol. The Bertz CT molecular complexity index is 608. The summed E-state index contributed by atoms with van der Waals surface area (Å²) < 4.78 is 0. The summed E-state index contributed by atoms with van der Waals surface area (Å²) >= 11 is 0. The fourth-order valence-corrected chi connectivity index (χ4v) is 3.09. The largest absolute Gasteiger partial charge is 0.335 e. The second kappa shape index (κ2) is 4.98. The third kappa shape index (κ3) is 2.22. The Hall–Kier alpha value is -1.75. The van der Waals surface area contributed by atoms with Crippen LogP contribution in [0.2, 0.25) is 0 Å². The Balaban J connectivity index is 1.91. The summed E-state index contributed by atoms with van der Waals surface area (Å²) in [5, 5.41) is 0. The maximum Gasteiger partial charge on any atom is 0.255 e. The van der Waals surface area contributed by atoms with Gasteiger partial charge in [0.05, 0.1) is 5.56 Å². The Labute approximate surface area is 121 Å². The number of carbonyl (C=O) groups excluding carboxylic acids is 1. The molecule has 2 aliphatic rings. The van der Waals surface area contributed by atoms with Crippen LogP contribution in [0, 0.1) is 37.5 Å². The summed E-state index contributed by atoms with van der Waals surface area (Å²) in [5.74, 6) is 7.62. The quantitative estimate of drug-likeness (QED) is 0.715. The van der Waals surface area contributed by atoms with Crippen molar-refractivity contribution in [3.63, 3.8) is 0 Å². The Morgan fingerprint density at radius 3 is 2.95 bits per heavy atom. The molecule has 2 heteroatoms. The first-order chi connectivity index (χ1) is 9.61. The summed E-state index contributed by atoms with van der Waals surface area (Å²) in [5.41, 5.74) is 2.72. The SMILES string of the molecule is [CH2][C@H]1[C@@H]2C[C@@H]2CN1C(=O)c1ccc(C)cc1C#CCC. The van der Waals surface area contributed by atoms with Crippen LogP contribution in [0.25, 0.3) is 0 Å². The van der Waals surface area contributed by atoms with Crippen molar-refractivity contribution in [3.05, 3.63) is 41.8 Å². The second-order valence-electron chi connectivity index (χ2n) is 5.89. The van der Waals surface area contributed by atoms with E-state index in [1.54, 1.807) is 0 Å². The molecule has 3 rings (SSSR count). The number of likely N-dealkylation sites (tertiary alicyclic amines) is 1. The van der Waals surface area contributed by atoms with E-state index >= 15 is 0 Å². The molecular weight excluding hydrogens is 246 g/mol. The molecule has 1 aliphatic heterocycles. The van der Waals surface area contributed by atoms with Gasteiger partial charge in [0, 0.05) is 24.6 Å². The Kier molecular flexibility index (Phi) is 3.30. The highest BCUT2D eigenvalue weighted by Crippen LogP contribution is 2.49. The van der Waals surface area contributed by atoms with Crippen molar-refractivity contribution < 1.29 is 4.79 Å². The fraction of sp³-hybridized carbons (Fsp3) is 0.444. The van der Waals surface area contributed by atoms with Crippen molar-refractivity contribution in [3.8, 4) is 11.8 Å². The second-order valence-corrected chi connectivity index (χ2v) is 5.89. The fourth-order valence-electron chi connectivity index (χ4n) is 3.09. The van der Waals surface area contributed by atoms with Crippen molar-refractivity contribution in [1.29, 1.82) is 0 Å². The van der Waals surface area contributed by atoms with Gasteiger partial charge in [-0.15, -0.1) is 0 Å². The van der Waals surface area contributed by atoms with Gasteiger partial charge in [0.1, 0.15) is 0 Å². The van der Waals surface area contributed by atoms with Crippen LogP contribution in [0.15, 0.2) is 18.2 Å². The molecule has 1 aromatic rings. The summed E-state index contributed by atoms with van der Waals surface area (Å²) in [7, 11) is 0. The van der Waals surface area contributed by atoms with Crippen LogP contribution in [-0.4, -0.2) is 23.4 Å². The maximum absolute atomic E-state index is 12.7. The number of carbonyl (C=O) groups is 1. The molecule has 1 saturated heterocycles. The third-order valence-corrected chi connectivity index (χ3v) is 4.37. The smallest absolute Gasteiger partial charge is 0.255 e. The van der Waals surface area contributed by atoms with E-state index in [0.717, 1.165) is 29.7 Å². The van der Waals surface area contributed by atoms with E-state index in [0.29, 0.717) is 11.8 Å². The molecule has 0 unspecified atom stereocenters. The van der Waals surface area contributed by atoms with E-state index in [1.807, 2.05) is 36.9 Å². The summed E-state index contributed by atoms with van der Waals surface area (Å²) in [6, 6.07) is 6.04. The number of hydrogen-bond donors (Lipinski definition) is 0. The zero-order valence-corrected chi connectivity index (χ0v) is 12.1. The molecule has 103 valence electrons. The molecule has 1 saturated carbocycles. The zero-order chi connectivity index (χ0) is 14.3. The zero-order valence-electron chi connectivity index (χ0n) is 12.1. The molecule has 1 aliphatic carbocycles. The number of fused-ring (bicyclic) bond motifs is 1. The molecule has 1 radical (unpaired) electrons. The highest BCUT2D eigenvalue weighted by molar-refractivity contribution is 5.97. The highest BCUT2D eigenvalue weighted by atomic mass is 16.2. The molecule has 0 spiro atoms. The lowest BCUT2D eigenvalue weighted by molar-refractivity contribution is 0.0736. The minimum absolute atomic E-state index is 0.0950. The number of aryl methyl sites for hydroxylation is 1. The van der Waals surface area contributed by atoms with E-state index in [-0.39, 0.29) is 11.9 Å². The van der Waals surface area contributed by atoms with Crippen LogP contribution in [0.4, 0.5) is 0 Å². The highest BCUT2D eigenvalue weighted by Gasteiger charge is 2.52. The van der Waals surface area contributed by atoms with Gasteiger partial charge in [-0.2, -0.15) is 0 Å². The van der Waals surface area contributed by atoms with E-state index in [2.05, 4.69) is 18.8 Å². The Morgan fingerprint density at radius 1 is 1.50 bits per heavy atom. The van der Waals surface area contributed by atoms with Crippen LogP contribution in [0.3, 0.4) is 0 Å². The lowest BCUT2D eigenvalue weighted by Crippen LogP contribution is -2.37. The molecule has 1 heterocycles. The van der Waals surface area contributed by atoms with E-state index < -0.39 is 0 Å². The minimum atomic E-state index is 0.0950. The Morgan fingerprint density at radius 2 is 2.30 bits per heavy atom. The number of benzene rings is 1. The average Bonchev–Trinajstić information content (AvgIpc) is 3.14. The van der Waals surface area contributed by atoms with E-state index in [1.165, 1.54) is 6.42 Å². The summed E-state index contributed by atoms with van der Waals surface area (Å²) in [4.78, 5) is 14.7. The molecule has 0 bridgehead atoms. The summed E-state index contributed by atoms with van der Waals surface area (Å²) in [6.45, 7) is 9.08. The number of piperidine rings is 1. The van der Waals surface area contributed by atoms with Gasteiger partial charge in [0.15, 0.2) is 0 Å². The molecule has 2 nitrogen and oxygen atoms in total. The third-order valence-electron chi connectivity index (χ3n) is 4.37. The van der Waals surface area contributed by atoms with Crippen molar-refractivity contribution in [1.82, 2.24) is 4.90 Å². The van der Waals surface area contributed by atoms with Crippen LogP contribution in [0.1, 0.15) is 41.3 Å². The van der Waals surface area contributed by atoms with Crippen molar-refractivity contribution >= 4 is 5.91 Å². The number of nitrogens with zero attached hydrogens (tertiary/aromatic N) is 1. The van der Waals surface area contributed by atoms with Crippen LogP contribution < -0.4 is 0 Å². The lowest BCUT2D eigenvalue weighted by Gasteiger charge is -2.25. The first-order valence-corrected chi connectivity index (χ1v) is 7.35. The van der Waals surface area contributed by atoms with Crippen LogP contribution in [0.5, 0.6) is 0 Å². The van der Waals surface area contributed by atoms with Gasteiger partial charge in [-0.25, -0.2) is 0 Å². The number of amides is 1. The molecule has 0 aromatic heterocycles. The topological polar surface area (TPSA) is 20.3 Å². The van der Waals surface area contributed by atoms with E-state index in [4.69, 9.17) is 0 Å². The van der Waals surface area contributed by atoms with Crippen molar-refractivity contribution in [2.45, 2.75) is 32.7 Å². The van der Waals surface area contributed by atoms with E-state index in [9.17, 15) is 4.79 Å². The number of rotatable bonds is 1. The standard InChI is InChI=1S/C18H20NO/c1-4-5-6-14-9-12(2)7-8-16(14)18(20)19-11-15-10-17(15)13(19)3/h7-9,13,15,17H,3-4,10-11H2,1-2H3/t13-,15+,17-/m0/s1.